The standard InChI is InChI=1S/C23H21N7O2/c1-16-13-20(32-27-16)19-14-22-24-21(15-23(30(22)26-19)28-9-11-31-12-10-28)29-8-7-18(25-29)17-5-3-2-4-6-17/h2-8,13-15H,9-12H2,1H3. The van der Waals surface area contributed by atoms with Gasteiger partial charge < -0.3 is 14.2 Å². The highest BCUT2D eigenvalue weighted by Crippen LogP contribution is 2.26. The summed E-state index contributed by atoms with van der Waals surface area (Å²) in [5.41, 5.74) is 4.17. The molecule has 4 aromatic heterocycles. The lowest BCUT2D eigenvalue weighted by Crippen LogP contribution is -2.37. The van der Waals surface area contributed by atoms with Crippen LogP contribution < -0.4 is 4.90 Å². The number of hydrogen-bond donors (Lipinski definition) is 0. The Morgan fingerprint density at radius 1 is 0.906 bits per heavy atom. The number of aryl methyl sites for hydroxylation is 1. The minimum Gasteiger partial charge on any atom is -0.378 e. The summed E-state index contributed by atoms with van der Waals surface area (Å²) in [6.07, 6.45) is 1.93. The van der Waals surface area contributed by atoms with E-state index < -0.39 is 0 Å². The number of anilines is 1. The Bertz CT molecular complexity index is 1380. The Morgan fingerprint density at radius 2 is 1.75 bits per heavy atom. The van der Waals surface area contributed by atoms with Crippen molar-refractivity contribution >= 4 is 11.5 Å². The van der Waals surface area contributed by atoms with Crippen molar-refractivity contribution in [2.24, 2.45) is 0 Å². The van der Waals surface area contributed by atoms with Crippen LogP contribution in [-0.4, -0.2) is 55.8 Å². The summed E-state index contributed by atoms with van der Waals surface area (Å²) in [6.45, 7) is 4.80. The molecule has 5 aromatic rings. The second-order valence-corrected chi connectivity index (χ2v) is 7.72. The minimum atomic E-state index is 0.618. The molecule has 1 aliphatic heterocycles. The van der Waals surface area contributed by atoms with Gasteiger partial charge in [-0.15, -0.1) is 0 Å². The third-order valence-corrected chi connectivity index (χ3v) is 5.50. The Morgan fingerprint density at radius 3 is 2.53 bits per heavy atom. The number of morpholine rings is 1. The molecule has 0 bridgehead atoms. The first-order valence-electron chi connectivity index (χ1n) is 10.5. The van der Waals surface area contributed by atoms with Crippen molar-refractivity contribution in [1.29, 1.82) is 0 Å². The summed E-state index contributed by atoms with van der Waals surface area (Å²) in [5, 5.41) is 13.5. The van der Waals surface area contributed by atoms with Crippen LogP contribution in [0.25, 0.3) is 34.2 Å². The summed E-state index contributed by atoms with van der Waals surface area (Å²) in [7, 11) is 0. The van der Waals surface area contributed by atoms with Crippen LogP contribution in [0, 0.1) is 6.92 Å². The summed E-state index contributed by atoms with van der Waals surface area (Å²) >= 11 is 0. The van der Waals surface area contributed by atoms with Crippen molar-refractivity contribution in [3.63, 3.8) is 0 Å². The first-order chi connectivity index (χ1) is 15.7. The molecule has 0 amide bonds. The van der Waals surface area contributed by atoms with E-state index in [1.165, 1.54) is 0 Å². The number of fused-ring (bicyclic) bond motifs is 1. The fourth-order valence-electron chi connectivity index (χ4n) is 3.90. The van der Waals surface area contributed by atoms with E-state index in [0.717, 1.165) is 41.7 Å². The fraction of sp³-hybridized carbons (Fsp3) is 0.217. The van der Waals surface area contributed by atoms with Crippen LogP contribution in [0.3, 0.4) is 0 Å². The van der Waals surface area contributed by atoms with Crippen molar-refractivity contribution in [2.75, 3.05) is 31.2 Å². The molecular weight excluding hydrogens is 406 g/mol. The number of hydrogen-bond acceptors (Lipinski definition) is 7. The molecule has 1 saturated heterocycles. The molecule has 1 aliphatic rings. The van der Waals surface area contributed by atoms with Crippen molar-refractivity contribution in [3.8, 4) is 28.5 Å². The molecule has 1 aromatic carbocycles. The van der Waals surface area contributed by atoms with E-state index in [9.17, 15) is 0 Å². The van der Waals surface area contributed by atoms with Crippen LogP contribution in [0.5, 0.6) is 0 Å². The zero-order valence-corrected chi connectivity index (χ0v) is 17.5. The van der Waals surface area contributed by atoms with Gasteiger partial charge in [0.2, 0.25) is 0 Å². The number of rotatable bonds is 4. The second-order valence-electron chi connectivity index (χ2n) is 7.72. The quantitative estimate of drug-likeness (QED) is 0.435. The molecule has 6 rings (SSSR count). The van der Waals surface area contributed by atoms with E-state index >= 15 is 0 Å². The van der Waals surface area contributed by atoms with E-state index in [4.69, 9.17) is 24.4 Å². The molecule has 32 heavy (non-hydrogen) atoms. The lowest BCUT2D eigenvalue weighted by atomic mass is 10.2. The molecule has 0 spiro atoms. The zero-order valence-electron chi connectivity index (χ0n) is 17.5. The fourth-order valence-corrected chi connectivity index (χ4v) is 3.90. The topological polar surface area (TPSA) is 86.5 Å². The van der Waals surface area contributed by atoms with E-state index in [1.807, 2.05) is 72.2 Å². The van der Waals surface area contributed by atoms with Crippen LogP contribution in [0.4, 0.5) is 5.82 Å². The van der Waals surface area contributed by atoms with Crippen LogP contribution in [0.15, 0.2) is 65.3 Å². The Hall–Kier alpha value is -3.98. The van der Waals surface area contributed by atoms with Gasteiger partial charge in [0.05, 0.1) is 24.6 Å². The average molecular weight is 427 g/mol. The smallest absolute Gasteiger partial charge is 0.187 e. The van der Waals surface area contributed by atoms with Crippen molar-refractivity contribution in [2.45, 2.75) is 6.92 Å². The number of ether oxygens (including phenoxy) is 1. The van der Waals surface area contributed by atoms with Crippen molar-refractivity contribution < 1.29 is 9.26 Å². The lowest BCUT2D eigenvalue weighted by molar-refractivity contribution is 0.122. The monoisotopic (exact) mass is 427 g/mol. The predicted octanol–water partition coefficient (Wildman–Crippen LogP) is 3.38. The van der Waals surface area contributed by atoms with Gasteiger partial charge in [0.15, 0.2) is 17.2 Å². The molecule has 9 heteroatoms. The minimum absolute atomic E-state index is 0.618. The molecule has 0 unspecified atom stereocenters. The van der Waals surface area contributed by atoms with E-state index in [2.05, 4.69) is 10.1 Å². The van der Waals surface area contributed by atoms with E-state index in [0.29, 0.717) is 30.3 Å². The van der Waals surface area contributed by atoms with Gasteiger partial charge in [-0.1, -0.05) is 35.5 Å². The summed E-state index contributed by atoms with van der Waals surface area (Å²) in [4.78, 5) is 7.10. The Balaban J connectivity index is 1.47. The molecule has 0 atom stereocenters. The van der Waals surface area contributed by atoms with Gasteiger partial charge in [-0.3, -0.25) is 0 Å². The van der Waals surface area contributed by atoms with Gasteiger partial charge >= 0.3 is 0 Å². The zero-order chi connectivity index (χ0) is 21.5. The third-order valence-electron chi connectivity index (χ3n) is 5.50. The maximum Gasteiger partial charge on any atom is 0.187 e. The molecule has 0 N–H and O–H groups in total. The van der Waals surface area contributed by atoms with Crippen LogP contribution >= 0.6 is 0 Å². The highest BCUT2D eigenvalue weighted by molar-refractivity contribution is 5.64. The normalized spacial score (nSPS) is 14.3. The first kappa shape index (κ1) is 18.8. The van der Waals surface area contributed by atoms with Crippen LogP contribution in [-0.2, 0) is 4.74 Å². The van der Waals surface area contributed by atoms with Crippen LogP contribution in [0.1, 0.15) is 5.69 Å². The molecule has 0 saturated carbocycles. The van der Waals surface area contributed by atoms with E-state index in [-0.39, 0.29) is 0 Å². The molecule has 0 radical (unpaired) electrons. The lowest BCUT2D eigenvalue weighted by Gasteiger charge is -2.29. The molecule has 1 fully saturated rings. The number of benzene rings is 1. The molecular formula is C23H21N7O2. The van der Waals surface area contributed by atoms with E-state index in [1.54, 1.807) is 4.68 Å². The second kappa shape index (κ2) is 7.61. The molecule has 9 nitrogen and oxygen atoms in total. The van der Waals surface area contributed by atoms with Crippen LogP contribution in [0.2, 0.25) is 0 Å². The Kier molecular flexibility index (Phi) is 4.46. The summed E-state index contributed by atoms with van der Waals surface area (Å²) in [5.74, 6) is 2.28. The first-order valence-corrected chi connectivity index (χ1v) is 10.5. The maximum atomic E-state index is 5.55. The van der Waals surface area contributed by atoms with Gasteiger partial charge in [0.1, 0.15) is 11.5 Å². The van der Waals surface area contributed by atoms with Gasteiger partial charge in [0.25, 0.3) is 0 Å². The number of aromatic nitrogens is 6. The summed E-state index contributed by atoms with van der Waals surface area (Å²) in [6, 6.07) is 17.9. The van der Waals surface area contributed by atoms with Crippen molar-refractivity contribution in [1.82, 2.24) is 29.5 Å². The third kappa shape index (κ3) is 3.32. The average Bonchev–Trinajstić information content (AvgIpc) is 3.59. The highest BCUT2D eigenvalue weighted by Gasteiger charge is 2.20. The Labute approximate surface area is 183 Å². The van der Waals surface area contributed by atoms with Gasteiger partial charge in [-0.25, -0.2) is 9.67 Å². The molecule has 0 aliphatic carbocycles. The predicted molar refractivity (Wildman–Crippen MR) is 119 cm³/mol. The highest BCUT2D eigenvalue weighted by atomic mass is 16.5. The van der Waals surface area contributed by atoms with Gasteiger partial charge in [-0.2, -0.15) is 14.7 Å². The molecule has 5 heterocycles. The molecule has 160 valence electrons. The largest absolute Gasteiger partial charge is 0.378 e. The SMILES string of the molecule is Cc1cc(-c2cc3nc(-n4ccc(-c5ccccc5)n4)cc(N4CCOCC4)n3n2)on1. The number of nitrogens with zero attached hydrogens (tertiary/aromatic N) is 7. The van der Waals surface area contributed by atoms with Gasteiger partial charge in [0, 0.05) is 43.0 Å². The maximum absolute atomic E-state index is 5.55. The van der Waals surface area contributed by atoms with Gasteiger partial charge in [-0.05, 0) is 13.0 Å². The summed E-state index contributed by atoms with van der Waals surface area (Å²) < 4.78 is 14.6. The van der Waals surface area contributed by atoms with Crippen molar-refractivity contribution in [3.05, 3.63) is 66.5 Å².